The van der Waals surface area contributed by atoms with E-state index in [9.17, 15) is 4.79 Å². The minimum absolute atomic E-state index is 0.222. The topological polar surface area (TPSA) is 57.3 Å². The molecule has 2 fully saturated rings. The van der Waals surface area contributed by atoms with Gasteiger partial charge >= 0.3 is 0 Å². The number of hydrogen-bond donors (Lipinski definition) is 2. The fraction of sp³-hybridized carbons (Fsp3) is 0.684. The molecule has 24 heavy (non-hydrogen) atoms. The summed E-state index contributed by atoms with van der Waals surface area (Å²) in [6.07, 6.45) is 10.5. The lowest BCUT2D eigenvalue weighted by molar-refractivity contribution is -0.125. The van der Waals surface area contributed by atoms with E-state index in [1.807, 2.05) is 18.5 Å². The van der Waals surface area contributed by atoms with Gasteiger partial charge in [0.2, 0.25) is 5.91 Å². The first-order chi connectivity index (χ1) is 11.8. The van der Waals surface area contributed by atoms with Crippen LogP contribution in [0.1, 0.15) is 50.1 Å². The summed E-state index contributed by atoms with van der Waals surface area (Å²) in [5, 5.41) is 6.43. The number of nitrogens with zero attached hydrogens (tertiary/aromatic N) is 2. The second-order valence-electron chi connectivity index (χ2n) is 7.00. The molecular formula is C19H30N4O. The summed E-state index contributed by atoms with van der Waals surface area (Å²) in [6, 6.07) is 4.75. The molecule has 2 N–H and O–H groups in total. The lowest BCUT2D eigenvalue weighted by atomic mass is 9.97. The highest BCUT2D eigenvalue weighted by Gasteiger charge is 2.25. The number of amides is 1. The number of hydrogen-bond acceptors (Lipinski definition) is 4. The Morgan fingerprint density at radius 1 is 1.29 bits per heavy atom. The van der Waals surface area contributed by atoms with Gasteiger partial charge in [0.25, 0.3) is 0 Å². The number of pyridine rings is 1. The third kappa shape index (κ3) is 4.77. The number of rotatable bonds is 7. The van der Waals surface area contributed by atoms with Crippen LogP contribution in [0.5, 0.6) is 0 Å². The van der Waals surface area contributed by atoms with E-state index in [0.717, 1.165) is 51.9 Å². The monoisotopic (exact) mass is 330 g/mol. The van der Waals surface area contributed by atoms with Crippen molar-refractivity contribution in [3.63, 3.8) is 0 Å². The first kappa shape index (κ1) is 17.4. The maximum absolute atomic E-state index is 12.1. The van der Waals surface area contributed by atoms with Gasteiger partial charge in [-0.25, -0.2) is 0 Å². The second-order valence-corrected chi connectivity index (χ2v) is 7.00. The number of carbonyl (C=O) groups is 1. The summed E-state index contributed by atoms with van der Waals surface area (Å²) in [5.41, 5.74) is 1.34. The van der Waals surface area contributed by atoms with Crippen molar-refractivity contribution in [3.05, 3.63) is 30.1 Å². The number of unbranched alkanes of at least 4 members (excludes halogenated alkanes) is 1. The van der Waals surface area contributed by atoms with Gasteiger partial charge in [-0.3, -0.25) is 14.7 Å². The van der Waals surface area contributed by atoms with Gasteiger partial charge in [-0.15, -0.1) is 0 Å². The molecule has 1 aromatic heterocycles. The van der Waals surface area contributed by atoms with Gasteiger partial charge in [-0.1, -0.05) is 6.07 Å². The van der Waals surface area contributed by atoms with Crippen molar-refractivity contribution in [1.29, 1.82) is 0 Å². The average molecular weight is 330 g/mol. The molecular weight excluding hydrogens is 300 g/mol. The zero-order valence-electron chi connectivity index (χ0n) is 14.5. The van der Waals surface area contributed by atoms with Crippen molar-refractivity contribution in [2.75, 3.05) is 32.7 Å². The highest BCUT2D eigenvalue weighted by Crippen LogP contribution is 2.31. The van der Waals surface area contributed by atoms with Gasteiger partial charge in [-0.05, 0) is 76.3 Å². The molecule has 132 valence electrons. The number of carbonyl (C=O) groups excluding carboxylic acids is 1. The summed E-state index contributed by atoms with van der Waals surface area (Å²) in [5.74, 6) is 0.478. The van der Waals surface area contributed by atoms with Gasteiger partial charge in [0.05, 0.1) is 0 Å². The van der Waals surface area contributed by atoms with Crippen LogP contribution in [0.2, 0.25) is 0 Å². The first-order valence-electron chi connectivity index (χ1n) is 9.47. The van der Waals surface area contributed by atoms with Crippen LogP contribution in [0.3, 0.4) is 0 Å². The Morgan fingerprint density at radius 3 is 2.96 bits per heavy atom. The summed E-state index contributed by atoms with van der Waals surface area (Å²) in [7, 11) is 0. The maximum atomic E-state index is 12.1. The summed E-state index contributed by atoms with van der Waals surface area (Å²) in [4.78, 5) is 18.9. The highest BCUT2D eigenvalue weighted by atomic mass is 16.1. The first-order valence-corrected chi connectivity index (χ1v) is 9.47. The minimum atomic E-state index is 0.222. The molecule has 2 saturated heterocycles. The Kier molecular flexibility index (Phi) is 6.61. The summed E-state index contributed by atoms with van der Waals surface area (Å²) in [6.45, 7) is 5.06. The third-order valence-corrected chi connectivity index (χ3v) is 5.31. The SMILES string of the molecule is O=C(NCCCCN1CCC[C@H]1c1cccnc1)C1CCNCC1. The standard InChI is InChI=1S/C19H30N4O/c24-19(16-7-11-20-12-8-16)22-10-1-2-13-23-14-4-6-18(23)17-5-3-9-21-15-17/h3,5,9,15-16,18,20H,1-2,4,6-8,10-14H2,(H,22,24)/t18-/m0/s1. The quantitative estimate of drug-likeness (QED) is 0.752. The molecule has 0 saturated carbocycles. The number of likely N-dealkylation sites (tertiary alicyclic amines) is 1. The van der Waals surface area contributed by atoms with Crippen LogP contribution in [0.15, 0.2) is 24.5 Å². The second kappa shape index (κ2) is 9.14. The van der Waals surface area contributed by atoms with Crippen molar-refractivity contribution in [1.82, 2.24) is 20.5 Å². The molecule has 3 rings (SSSR count). The molecule has 0 bridgehead atoms. The van der Waals surface area contributed by atoms with Crippen LogP contribution in [-0.2, 0) is 4.79 Å². The molecule has 1 atom stereocenters. The van der Waals surface area contributed by atoms with Gasteiger partial charge in [-0.2, -0.15) is 0 Å². The van der Waals surface area contributed by atoms with E-state index >= 15 is 0 Å². The molecule has 2 aliphatic rings. The van der Waals surface area contributed by atoms with Crippen LogP contribution in [-0.4, -0.2) is 48.5 Å². The van der Waals surface area contributed by atoms with E-state index in [1.54, 1.807) is 0 Å². The molecule has 0 radical (unpaired) electrons. The van der Waals surface area contributed by atoms with E-state index in [2.05, 4.69) is 26.6 Å². The van der Waals surface area contributed by atoms with Crippen molar-refractivity contribution in [2.45, 2.75) is 44.6 Å². The van der Waals surface area contributed by atoms with Crippen LogP contribution in [0.4, 0.5) is 0 Å². The van der Waals surface area contributed by atoms with Crippen molar-refractivity contribution < 1.29 is 4.79 Å². The molecule has 0 unspecified atom stereocenters. The molecule has 1 amide bonds. The van der Waals surface area contributed by atoms with Crippen molar-refractivity contribution >= 4 is 5.91 Å². The molecule has 0 spiro atoms. The van der Waals surface area contributed by atoms with E-state index < -0.39 is 0 Å². The number of nitrogens with one attached hydrogen (secondary N) is 2. The van der Waals surface area contributed by atoms with Crippen LogP contribution >= 0.6 is 0 Å². The Balaban J connectivity index is 1.33. The Labute approximate surface area is 145 Å². The molecule has 3 heterocycles. The largest absolute Gasteiger partial charge is 0.356 e. The molecule has 2 aliphatic heterocycles. The predicted molar refractivity (Wildman–Crippen MR) is 95.6 cm³/mol. The molecule has 1 aromatic rings. The molecule has 0 aliphatic carbocycles. The Bertz CT molecular complexity index is 501. The lowest BCUT2D eigenvalue weighted by Crippen LogP contribution is -2.38. The third-order valence-electron chi connectivity index (χ3n) is 5.31. The minimum Gasteiger partial charge on any atom is -0.356 e. The van der Waals surface area contributed by atoms with Crippen molar-refractivity contribution in [3.8, 4) is 0 Å². The van der Waals surface area contributed by atoms with Crippen LogP contribution < -0.4 is 10.6 Å². The zero-order valence-corrected chi connectivity index (χ0v) is 14.5. The number of aromatic nitrogens is 1. The highest BCUT2D eigenvalue weighted by molar-refractivity contribution is 5.78. The molecule has 0 aromatic carbocycles. The Morgan fingerprint density at radius 2 is 2.17 bits per heavy atom. The summed E-state index contributed by atoms with van der Waals surface area (Å²) < 4.78 is 0. The van der Waals surface area contributed by atoms with Crippen LogP contribution in [0.25, 0.3) is 0 Å². The maximum Gasteiger partial charge on any atom is 0.223 e. The van der Waals surface area contributed by atoms with E-state index in [0.29, 0.717) is 6.04 Å². The smallest absolute Gasteiger partial charge is 0.223 e. The van der Waals surface area contributed by atoms with E-state index in [-0.39, 0.29) is 11.8 Å². The van der Waals surface area contributed by atoms with Gasteiger partial charge < -0.3 is 10.6 Å². The fourth-order valence-corrected chi connectivity index (χ4v) is 3.92. The summed E-state index contributed by atoms with van der Waals surface area (Å²) >= 11 is 0. The predicted octanol–water partition coefficient (Wildman–Crippen LogP) is 2.11. The zero-order chi connectivity index (χ0) is 16.6. The van der Waals surface area contributed by atoms with Gasteiger partial charge in [0.1, 0.15) is 0 Å². The molecule has 5 nitrogen and oxygen atoms in total. The van der Waals surface area contributed by atoms with Crippen LogP contribution in [0, 0.1) is 5.92 Å². The van der Waals surface area contributed by atoms with Gasteiger partial charge in [0, 0.05) is 30.9 Å². The van der Waals surface area contributed by atoms with E-state index in [4.69, 9.17) is 0 Å². The van der Waals surface area contributed by atoms with Gasteiger partial charge in [0.15, 0.2) is 0 Å². The normalized spacial score (nSPS) is 22.6. The average Bonchev–Trinajstić information content (AvgIpc) is 3.11. The number of piperidine rings is 1. The van der Waals surface area contributed by atoms with Crippen molar-refractivity contribution in [2.24, 2.45) is 5.92 Å². The Hall–Kier alpha value is -1.46. The lowest BCUT2D eigenvalue weighted by Gasteiger charge is -2.24. The van der Waals surface area contributed by atoms with E-state index in [1.165, 1.54) is 24.9 Å². The fourth-order valence-electron chi connectivity index (χ4n) is 3.92. The molecule has 5 heteroatoms.